The van der Waals surface area contributed by atoms with E-state index in [1.54, 1.807) is 17.4 Å². The summed E-state index contributed by atoms with van der Waals surface area (Å²) in [6, 6.07) is 23.7. The standard InChI is InChI=1S/C26H21N5O2S2/c27-16-22-25(20-10-4-5-11-21(20)33-22)28-24(32)17-35-26-30-29-23(15-19-9-6-14-34-19)31(26)13-12-18-7-2-1-3-8-18/h1-11,14H,12-13,15,17H2,(H,28,32). The number of nitrogens with one attached hydrogen (secondary N) is 1. The molecule has 2 aromatic carbocycles. The molecule has 0 fully saturated rings. The summed E-state index contributed by atoms with van der Waals surface area (Å²) in [5.74, 6) is 0.857. The largest absolute Gasteiger partial charge is 0.443 e. The number of aryl methyl sites for hydroxylation is 1. The van der Waals surface area contributed by atoms with Crippen LogP contribution in [0.25, 0.3) is 11.0 Å². The van der Waals surface area contributed by atoms with Crippen LogP contribution in [0.2, 0.25) is 0 Å². The van der Waals surface area contributed by atoms with E-state index in [0.29, 0.717) is 34.8 Å². The number of para-hydroxylation sites is 1. The van der Waals surface area contributed by atoms with E-state index >= 15 is 0 Å². The summed E-state index contributed by atoms with van der Waals surface area (Å²) in [5.41, 5.74) is 2.19. The number of fused-ring (bicyclic) bond motifs is 1. The van der Waals surface area contributed by atoms with Crippen molar-refractivity contribution >= 4 is 45.7 Å². The Hall–Kier alpha value is -3.87. The van der Waals surface area contributed by atoms with Crippen molar-refractivity contribution in [3.8, 4) is 6.07 Å². The second-order valence-corrected chi connectivity index (χ2v) is 9.77. The first-order chi connectivity index (χ1) is 17.2. The average molecular weight is 500 g/mol. The molecule has 0 unspecified atom stereocenters. The van der Waals surface area contributed by atoms with E-state index in [1.807, 2.05) is 48.5 Å². The van der Waals surface area contributed by atoms with Gasteiger partial charge in [-0.3, -0.25) is 4.79 Å². The van der Waals surface area contributed by atoms with Crippen LogP contribution in [0.4, 0.5) is 5.69 Å². The molecule has 5 rings (SSSR count). The third-order valence-corrected chi connectivity index (χ3v) is 7.31. The number of thiophene rings is 1. The van der Waals surface area contributed by atoms with Gasteiger partial charge in [-0.15, -0.1) is 21.5 Å². The lowest BCUT2D eigenvalue weighted by atomic mass is 10.1. The summed E-state index contributed by atoms with van der Waals surface area (Å²) in [7, 11) is 0. The molecule has 3 heterocycles. The number of anilines is 1. The first kappa shape index (κ1) is 22.9. The van der Waals surface area contributed by atoms with Crippen molar-refractivity contribution in [1.29, 1.82) is 5.26 Å². The van der Waals surface area contributed by atoms with Gasteiger partial charge >= 0.3 is 0 Å². The average Bonchev–Trinajstić information content (AvgIpc) is 3.62. The van der Waals surface area contributed by atoms with E-state index in [-0.39, 0.29) is 17.4 Å². The van der Waals surface area contributed by atoms with Crippen molar-refractivity contribution in [2.45, 2.75) is 24.5 Å². The lowest BCUT2D eigenvalue weighted by molar-refractivity contribution is -0.113. The van der Waals surface area contributed by atoms with E-state index in [0.717, 1.165) is 12.2 Å². The van der Waals surface area contributed by atoms with Gasteiger partial charge in [-0.1, -0.05) is 60.3 Å². The van der Waals surface area contributed by atoms with Gasteiger partial charge in [-0.2, -0.15) is 5.26 Å². The number of nitrogens with zero attached hydrogens (tertiary/aromatic N) is 4. The van der Waals surface area contributed by atoms with Gasteiger partial charge in [0.2, 0.25) is 11.7 Å². The minimum Gasteiger partial charge on any atom is -0.443 e. The molecule has 0 aliphatic rings. The molecule has 0 atom stereocenters. The number of furan rings is 1. The lowest BCUT2D eigenvalue weighted by Crippen LogP contribution is -2.15. The highest BCUT2D eigenvalue weighted by Gasteiger charge is 2.18. The van der Waals surface area contributed by atoms with Crippen LogP contribution in [0.1, 0.15) is 22.0 Å². The lowest BCUT2D eigenvalue weighted by Gasteiger charge is -2.10. The zero-order valence-electron chi connectivity index (χ0n) is 18.7. The number of hydrogen-bond donors (Lipinski definition) is 1. The molecule has 7 nitrogen and oxygen atoms in total. The van der Waals surface area contributed by atoms with Crippen molar-refractivity contribution < 1.29 is 9.21 Å². The summed E-state index contributed by atoms with van der Waals surface area (Å²) >= 11 is 3.02. The molecule has 0 saturated heterocycles. The molecule has 0 aliphatic heterocycles. The van der Waals surface area contributed by atoms with Crippen LogP contribution in [-0.4, -0.2) is 26.4 Å². The third kappa shape index (κ3) is 5.29. The number of nitriles is 1. The van der Waals surface area contributed by atoms with Crippen LogP contribution in [0.5, 0.6) is 0 Å². The number of hydrogen-bond acceptors (Lipinski definition) is 7. The third-order valence-electron chi connectivity index (χ3n) is 5.47. The topological polar surface area (TPSA) is 96.7 Å². The number of carbonyl (C=O) groups is 1. The van der Waals surface area contributed by atoms with E-state index in [9.17, 15) is 10.1 Å². The quantitative estimate of drug-likeness (QED) is 0.268. The van der Waals surface area contributed by atoms with Crippen LogP contribution >= 0.6 is 23.1 Å². The van der Waals surface area contributed by atoms with Crippen molar-refractivity contribution in [2.75, 3.05) is 11.1 Å². The Morgan fingerprint density at radius 2 is 1.91 bits per heavy atom. The number of benzene rings is 2. The molecule has 0 radical (unpaired) electrons. The molecule has 3 aromatic heterocycles. The molecule has 35 heavy (non-hydrogen) atoms. The predicted molar refractivity (Wildman–Crippen MR) is 138 cm³/mol. The molecule has 9 heteroatoms. The Bertz CT molecular complexity index is 1480. The van der Waals surface area contributed by atoms with Gasteiger partial charge in [-0.05, 0) is 35.6 Å². The van der Waals surface area contributed by atoms with Crippen LogP contribution < -0.4 is 5.32 Å². The fourth-order valence-corrected chi connectivity index (χ4v) is 5.27. The van der Waals surface area contributed by atoms with Gasteiger partial charge in [0.25, 0.3) is 0 Å². The SMILES string of the molecule is N#Cc1oc2ccccc2c1NC(=O)CSc1nnc(Cc2cccs2)n1CCc1ccccc1. The summed E-state index contributed by atoms with van der Waals surface area (Å²) in [6.45, 7) is 0.715. The normalized spacial score (nSPS) is 10.9. The van der Waals surface area contributed by atoms with Gasteiger partial charge in [0.05, 0.1) is 5.75 Å². The Morgan fingerprint density at radius 1 is 1.09 bits per heavy atom. The molecular formula is C26H21N5O2S2. The fourth-order valence-electron chi connectivity index (χ4n) is 3.79. The number of rotatable bonds is 9. The van der Waals surface area contributed by atoms with Gasteiger partial charge in [0.1, 0.15) is 23.2 Å². The van der Waals surface area contributed by atoms with Gasteiger partial charge < -0.3 is 14.3 Å². The second kappa shape index (κ2) is 10.6. The van der Waals surface area contributed by atoms with Gasteiger partial charge in [0, 0.05) is 23.2 Å². The second-order valence-electron chi connectivity index (χ2n) is 7.79. The van der Waals surface area contributed by atoms with Crippen LogP contribution in [0, 0.1) is 11.3 Å². The van der Waals surface area contributed by atoms with Crippen molar-refractivity contribution in [1.82, 2.24) is 14.8 Å². The Labute approximate surface area is 210 Å². The summed E-state index contributed by atoms with van der Waals surface area (Å²) in [6.07, 6.45) is 1.53. The minimum absolute atomic E-state index is 0.0915. The Morgan fingerprint density at radius 3 is 2.71 bits per heavy atom. The molecule has 0 aliphatic carbocycles. The number of thioether (sulfide) groups is 1. The van der Waals surface area contributed by atoms with Gasteiger partial charge in [0.15, 0.2) is 5.16 Å². The maximum Gasteiger partial charge on any atom is 0.234 e. The fraction of sp³-hybridized carbons (Fsp3) is 0.154. The predicted octanol–water partition coefficient (Wildman–Crippen LogP) is 5.52. The highest BCUT2D eigenvalue weighted by atomic mass is 32.2. The van der Waals surface area contributed by atoms with E-state index < -0.39 is 0 Å². The minimum atomic E-state index is -0.240. The van der Waals surface area contributed by atoms with Crippen LogP contribution in [-0.2, 0) is 24.2 Å². The smallest absolute Gasteiger partial charge is 0.234 e. The molecule has 1 amide bonds. The molecule has 174 valence electrons. The number of amides is 1. The van der Waals surface area contributed by atoms with Crippen LogP contribution in [0.15, 0.2) is 81.7 Å². The highest BCUT2D eigenvalue weighted by Crippen LogP contribution is 2.30. The van der Waals surface area contributed by atoms with Crippen molar-refractivity contribution in [3.63, 3.8) is 0 Å². The maximum absolute atomic E-state index is 12.8. The first-order valence-electron chi connectivity index (χ1n) is 11.0. The van der Waals surface area contributed by atoms with Crippen molar-refractivity contribution in [3.05, 3.63) is 94.1 Å². The summed E-state index contributed by atoms with van der Waals surface area (Å²) in [4.78, 5) is 14.0. The van der Waals surface area contributed by atoms with E-state index in [4.69, 9.17) is 4.42 Å². The molecule has 5 aromatic rings. The van der Waals surface area contributed by atoms with E-state index in [1.165, 1.54) is 22.2 Å². The Balaban J connectivity index is 1.31. The maximum atomic E-state index is 12.8. The van der Waals surface area contributed by atoms with Gasteiger partial charge in [-0.25, -0.2) is 0 Å². The summed E-state index contributed by atoms with van der Waals surface area (Å²) in [5, 5.41) is 24.5. The van der Waals surface area contributed by atoms with Crippen molar-refractivity contribution in [2.24, 2.45) is 0 Å². The number of aromatic nitrogens is 3. The highest BCUT2D eigenvalue weighted by molar-refractivity contribution is 7.99. The first-order valence-corrected chi connectivity index (χ1v) is 12.9. The molecule has 0 saturated carbocycles. The van der Waals surface area contributed by atoms with Crippen LogP contribution in [0.3, 0.4) is 0 Å². The molecule has 0 bridgehead atoms. The molecule has 0 spiro atoms. The zero-order chi connectivity index (χ0) is 24.0. The monoisotopic (exact) mass is 499 g/mol. The molecule has 1 N–H and O–H groups in total. The number of carbonyl (C=O) groups excluding carboxylic acids is 1. The Kier molecular flexibility index (Phi) is 6.93. The zero-order valence-corrected chi connectivity index (χ0v) is 20.3. The van der Waals surface area contributed by atoms with E-state index in [2.05, 4.69) is 43.7 Å². The summed E-state index contributed by atoms with van der Waals surface area (Å²) < 4.78 is 7.65. The molecular weight excluding hydrogens is 478 g/mol.